The third-order valence-electron chi connectivity index (χ3n) is 3.55. The van der Waals surface area contributed by atoms with Crippen LogP contribution in [0.1, 0.15) is 23.6 Å². The van der Waals surface area contributed by atoms with Crippen molar-refractivity contribution in [2.24, 2.45) is 0 Å². The SMILES string of the molecule is COC(=O)[C@H](C)NC(=O)Cc1coc2cc(C)c(C)cc12. The third kappa shape index (κ3) is 3.24. The van der Waals surface area contributed by atoms with Crippen LogP contribution in [0.3, 0.4) is 0 Å². The standard InChI is InChI=1S/C16H19NO4/c1-9-5-13-12(8-21-14(13)6-10(9)2)7-15(18)17-11(3)16(19)20-4/h5-6,8,11H,7H2,1-4H3,(H,17,18)/t11-/m0/s1. The van der Waals surface area contributed by atoms with Crippen LogP contribution >= 0.6 is 0 Å². The molecule has 1 N–H and O–H groups in total. The van der Waals surface area contributed by atoms with Crippen molar-refractivity contribution in [3.63, 3.8) is 0 Å². The molecule has 1 aromatic heterocycles. The minimum Gasteiger partial charge on any atom is -0.467 e. The van der Waals surface area contributed by atoms with Crippen molar-refractivity contribution in [1.29, 1.82) is 0 Å². The van der Waals surface area contributed by atoms with E-state index in [2.05, 4.69) is 10.1 Å². The molecule has 0 aliphatic carbocycles. The predicted molar refractivity (Wildman–Crippen MR) is 79.0 cm³/mol. The summed E-state index contributed by atoms with van der Waals surface area (Å²) in [4.78, 5) is 23.3. The number of furan rings is 1. The molecule has 0 saturated carbocycles. The number of carbonyl (C=O) groups is 2. The molecule has 0 aliphatic heterocycles. The number of esters is 1. The summed E-state index contributed by atoms with van der Waals surface area (Å²) >= 11 is 0. The van der Waals surface area contributed by atoms with E-state index in [4.69, 9.17) is 4.42 Å². The molecular weight excluding hydrogens is 270 g/mol. The van der Waals surface area contributed by atoms with E-state index in [1.165, 1.54) is 7.11 Å². The Hall–Kier alpha value is -2.30. The largest absolute Gasteiger partial charge is 0.467 e. The minimum absolute atomic E-state index is 0.164. The lowest BCUT2D eigenvalue weighted by atomic mass is 10.0. The lowest BCUT2D eigenvalue weighted by molar-refractivity contribution is -0.144. The van der Waals surface area contributed by atoms with Gasteiger partial charge >= 0.3 is 5.97 Å². The molecule has 112 valence electrons. The second kappa shape index (κ2) is 5.99. The summed E-state index contributed by atoms with van der Waals surface area (Å²) in [5.74, 6) is -0.708. The average Bonchev–Trinajstić information content (AvgIpc) is 2.80. The van der Waals surface area contributed by atoms with Gasteiger partial charge in [0.2, 0.25) is 5.91 Å². The highest BCUT2D eigenvalue weighted by Crippen LogP contribution is 2.25. The summed E-state index contributed by atoms with van der Waals surface area (Å²) in [5.41, 5.74) is 3.87. The van der Waals surface area contributed by atoms with Gasteiger partial charge in [-0.25, -0.2) is 4.79 Å². The molecule has 5 nitrogen and oxygen atoms in total. The van der Waals surface area contributed by atoms with Crippen molar-refractivity contribution >= 4 is 22.8 Å². The van der Waals surface area contributed by atoms with Crippen molar-refractivity contribution in [3.8, 4) is 0 Å². The third-order valence-corrected chi connectivity index (χ3v) is 3.55. The maximum Gasteiger partial charge on any atom is 0.328 e. The molecule has 0 unspecified atom stereocenters. The Morgan fingerprint density at radius 1 is 1.29 bits per heavy atom. The number of hydrogen-bond donors (Lipinski definition) is 1. The number of aryl methyl sites for hydroxylation is 2. The minimum atomic E-state index is -0.662. The molecule has 5 heteroatoms. The van der Waals surface area contributed by atoms with Gasteiger partial charge in [-0.05, 0) is 44.0 Å². The van der Waals surface area contributed by atoms with E-state index >= 15 is 0 Å². The molecule has 1 aromatic carbocycles. The molecule has 0 radical (unpaired) electrons. The first kappa shape index (κ1) is 15.1. The molecule has 1 amide bonds. The topological polar surface area (TPSA) is 68.5 Å². The molecule has 2 rings (SSSR count). The molecule has 1 atom stereocenters. The first-order valence-corrected chi connectivity index (χ1v) is 6.77. The van der Waals surface area contributed by atoms with Crippen molar-refractivity contribution < 1.29 is 18.7 Å². The Morgan fingerprint density at radius 2 is 1.95 bits per heavy atom. The van der Waals surface area contributed by atoms with E-state index in [-0.39, 0.29) is 12.3 Å². The molecule has 0 fully saturated rings. The summed E-state index contributed by atoms with van der Waals surface area (Å²) in [7, 11) is 1.29. The fourth-order valence-corrected chi connectivity index (χ4v) is 2.17. The van der Waals surface area contributed by atoms with Crippen LogP contribution in [0, 0.1) is 13.8 Å². The fourth-order valence-electron chi connectivity index (χ4n) is 2.17. The molecule has 21 heavy (non-hydrogen) atoms. The zero-order valence-electron chi connectivity index (χ0n) is 12.6. The van der Waals surface area contributed by atoms with E-state index in [9.17, 15) is 9.59 Å². The van der Waals surface area contributed by atoms with Gasteiger partial charge in [-0.1, -0.05) is 0 Å². The summed E-state index contributed by atoms with van der Waals surface area (Å²) in [6.07, 6.45) is 1.75. The van der Waals surface area contributed by atoms with Gasteiger partial charge in [0.1, 0.15) is 11.6 Å². The zero-order valence-corrected chi connectivity index (χ0v) is 12.6. The number of fused-ring (bicyclic) bond motifs is 1. The fraction of sp³-hybridized carbons (Fsp3) is 0.375. The highest BCUT2D eigenvalue weighted by Gasteiger charge is 2.17. The highest BCUT2D eigenvalue weighted by atomic mass is 16.5. The zero-order chi connectivity index (χ0) is 15.6. The highest BCUT2D eigenvalue weighted by molar-refractivity contribution is 5.90. The Balaban J connectivity index is 2.15. The van der Waals surface area contributed by atoms with Crippen LogP contribution in [0.25, 0.3) is 11.0 Å². The number of nitrogens with one attached hydrogen (secondary N) is 1. The summed E-state index contributed by atoms with van der Waals surface area (Å²) in [6, 6.07) is 3.31. The average molecular weight is 289 g/mol. The lowest BCUT2D eigenvalue weighted by Gasteiger charge is -2.11. The molecule has 0 saturated heterocycles. The van der Waals surface area contributed by atoms with Crippen molar-refractivity contribution in [2.45, 2.75) is 33.2 Å². The molecular formula is C16H19NO4. The van der Waals surface area contributed by atoms with E-state index in [1.807, 2.05) is 26.0 Å². The molecule has 1 heterocycles. The predicted octanol–water partition coefficient (Wildman–Crippen LogP) is 2.27. The summed E-state index contributed by atoms with van der Waals surface area (Å²) < 4.78 is 10.1. The maximum atomic E-state index is 12.0. The second-order valence-electron chi connectivity index (χ2n) is 5.18. The number of carbonyl (C=O) groups excluding carboxylic acids is 2. The van der Waals surface area contributed by atoms with E-state index < -0.39 is 12.0 Å². The molecule has 0 aliphatic rings. The van der Waals surface area contributed by atoms with E-state index in [0.717, 1.165) is 27.7 Å². The van der Waals surface area contributed by atoms with Gasteiger partial charge in [0.05, 0.1) is 19.8 Å². The maximum absolute atomic E-state index is 12.0. The number of methoxy groups -OCH3 is 1. The molecule has 0 spiro atoms. The Kier molecular flexibility index (Phi) is 4.31. The Bertz CT molecular complexity index is 687. The normalized spacial score (nSPS) is 12.2. The van der Waals surface area contributed by atoms with Gasteiger partial charge in [0.15, 0.2) is 0 Å². The van der Waals surface area contributed by atoms with Crippen LogP contribution in [-0.4, -0.2) is 25.0 Å². The lowest BCUT2D eigenvalue weighted by Crippen LogP contribution is -2.39. The first-order chi connectivity index (χ1) is 9.92. The van der Waals surface area contributed by atoms with E-state index in [0.29, 0.717) is 0 Å². The number of ether oxygens (including phenoxy) is 1. The quantitative estimate of drug-likeness (QED) is 0.877. The molecule has 2 aromatic rings. The Labute approximate surface area is 123 Å². The Morgan fingerprint density at radius 3 is 2.62 bits per heavy atom. The van der Waals surface area contributed by atoms with Crippen LogP contribution in [0.4, 0.5) is 0 Å². The second-order valence-corrected chi connectivity index (χ2v) is 5.18. The number of benzene rings is 1. The van der Waals surface area contributed by atoms with Crippen LogP contribution < -0.4 is 5.32 Å². The van der Waals surface area contributed by atoms with Crippen LogP contribution in [0.2, 0.25) is 0 Å². The van der Waals surface area contributed by atoms with Gasteiger partial charge in [0, 0.05) is 10.9 Å². The van der Waals surface area contributed by atoms with Crippen molar-refractivity contribution in [1.82, 2.24) is 5.32 Å². The summed E-state index contributed by atoms with van der Waals surface area (Å²) in [6.45, 7) is 5.62. The number of amides is 1. The van der Waals surface area contributed by atoms with Gasteiger partial charge in [-0.2, -0.15) is 0 Å². The van der Waals surface area contributed by atoms with E-state index in [1.54, 1.807) is 13.2 Å². The number of rotatable bonds is 4. The monoisotopic (exact) mass is 289 g/mol. The van der Waals surface area contributed by atoms with Gasteiger partial charge in [0.25, 0.3) is 0 Å². The van der Waals surface area contributed by atoms with Crippen molar-refractivity contribution in [3.05, 3.63) is 35.1 Å². The van der Waals surface area contributed by atoms with Gasteiger partial charge < -0.3 is 14.5 Å². The smallest absolute Gasteiger partial charge is 0.328 e. The molecule has 0 bridgehead atoms. The van der Waals surface area contributed by atoms with Crippen LogP contribution in [-0.2, 0) is 20.7 Å². The van der Waals surface area contributed by atoms with Crippen LogP contribution in [0.5, 0.6) is 0 Å². The van der Waals surface area contributed by atoms with Crippen LogP contribution in [0.15, 0.2) is 22.8 Å². The van der Waals surface area contributed by atoms with Crippen molar-refractivity contribution in [2.75, 3.05) is 7.11 Å². The van der Waals surface area contributed by atoms with Gasteiger partial charge in [-0.3, -0.25) is 4.79 Å². The number of hydrogen-bond acceptors (Lipinski definition) is 4. The van der Waals surface area contributed by atoms with Gasteiger partial charge in [-0.15, -0.1) is 0 Å². The first-order valence-electron chi connectivity index (χ1n) is 6.77. The summed E-state index contributed by atoms with van der Waals surface area (Å²) in [5, 5.41) is 3.53.